The molecule has 33 heavy (non-hydrogen) atoms. The molecule has 2 saturated heterocycles. The van der Waals surface area contributed by atoms with Crippen molar-refractivity contribution in [2.45, 2.75) is 62.6 Å². The van der Waals surface area contributed by atoms with Gasteiger partial charge in [0, 0.05) is 36.8 Å². The van der Waals surface area contributed by atoms with E-state index in [0.29, 0.717) is 35.1 Å². The molecule has 0 aliphatic carbocycles. The van der Waals surface area contributed by atoms with E-state index < -0.39 is 16.8 Å². The van der Waals surface area contributed by atoms with Crippen LogP contribution in [-0.2, 0) is 15.9 Å². The molecule has 176 valence electrons. The molecule has 3 atom stereocenters. The standard InChI is InChI=1S/C23H28N4O4S2/c1-23(2,3)31-22(28)27-14-6-5-7-15(27)13-26(12-14)21-25-18-11-16(33(4)29)10-17(19(18)30-21)20-24-8-9-32-20/h8-11,14-15H,5-7,12-13H2,1-4H3. The van der Waals surface area contributed by atoms with Gasteiger partial charge in [-0.1, -0.05) is 0 Å². The van der Waals surface area contributed by atoms with Crippen LogP contribution in [-0.4, -0.2) is 62.5 Å². The molecule has 0 saturated carbocycles. The Bertz CT molecular complexity index is 1140. The monoisotopic (exact) mass is 488 g/mol. The Hall–Kier alpha value is -2.30. The number of ether oxygens (including phenoxy) is 1. The molecule has 3 aromatic rings. The van der Waals surface area contributed by atoms with Crippen molar-refractivity contribution in [3.05, 3.63) is 23.7 Å². The first-order valence-corrected chi connectivity index (χ1v) is 13.6. The summed E-state index contributed by atoms with van der Waals surface area (Å²) in [5.74, 6) is 0. The zero-order valence-corrected chi connectivity index (χ0v) is 20.9. The number of anilines is 1. The van der Waals surface area contributed by atoms with Gasteiger partial charge in [0.1, 0.15) is 22.4 Å². The number of hydrogen-bond acceptors (Lipinski definition) is 8. The predicted octanol–water partition coefficient (Wildman–Crippen LogP) is 4.67. The van der Waals surface area contributed by atoms with Crippen molar-refractivity contribution in [3.63, 3.8) is 0 Å². The first-order chi connectivity index (χ1) is 15.7. The SMILES string of the molecule is C[S+]([O-])c1cc(-c2nccs2)c2oc(N3CC4CCCC(C3)N4C(=O)OC(C)(C)C)nc2c1. The average Bonchev–Trinajstić information content (AvgIpc) is 3.40. The molecular formula is C23H28N4O4S2. The fourth-order valence-electron chi connectivity index (χ4n) is 4.69. The van der Waals surface area contributed by atoms with Gasteiger partial charge in [0.25, 0.3) is 6.01 Å². The van der Waals surface area contributed by atoms with Gasteiger partial charge < -0.3 is 18.6 Å². The largest absolute Gasteiger partial charge is 0.612 e. The maximum absolute atomic E-state index is 12.9. The Labute approximate surface area is 200 Å². The fraction of sp³-hybridized carbons (Fsp3) is 0.522. The summed E-state index contributed by atoms with van der Waals surface area (Å²) in [5, 5.41) is 2.71. The van der Waals surface area contributed by atoms with Gasteiger partial charge in [-0.2, -0.15) is 4.98 Å². The number of nitrogens with zero attached hydrogens (tertiary/aromatic N) is 4. The third-order valence-corrected chi connectivity index (χ3v) is 7.75. The quantitative estimate of drug-likeness (QED) is 0.495. The van der Waals surface area contributed by atoms with Crippen LogP contribution < -0.4 is 4.90 Å². The number of carbonyl (C=O) groups is 1. The first-order valence-electron chi connectivity index (χ1n) is 11.1. The van der Waals surface area contributed by atoms with E-state index in [1.807, 2.05) is 43.2 Å². The number of hydrogen-bond donors (Lipinski definition) is 0. The molecule has 0 radical (unpaired) electrons. The summed E-state index contributed by atoms with van der Waals surface area (Å²) in [4.78, 5) is 26.8. The molecular weight excluding hydrogens is 460 g/mol. The van der Waals surface area contributed by atoms with Crippen LogP contribution in [0.2, 0.25) is 0 Å². The van der Waals surface area contributed by atoms with E-state index in [0.717, 1.165) is 29.8 Å². The summed E-state index contributed by atoms with van der Waals surface area (Å²) in [6.07, 6.45) is 6.11. The van der Waals surface area contributed by atoms with Crippen LogP contribution >= 0.6 is 11.3 Å². The van der Waals surface area contributed by atoms with Gasteiger partial charge in [0.2, 0.25) is 0 Å². The molecule has 2 aromatic heterocycles. The molecule has 2 fully saturated rings. The summed E-state index contributed by atoms with van der Waals surface area (Å²) in [7, 11) is 0. The Kier molecular flexibility index (Phi) is 5.78. The van der Waals surface area contributed by atoms with E-state index in [1.165, 1.54) is 11.3 Å². The second-order valence-corrected chi connectivity index (χ2v) is 11.9. The van der Waals surface area contributed by atoms with Gasteiger partial charge in [-0.25, -0.2) is 9.78 Å². The second-order valence-electron chi connectivity index (χ2n) is 9.64. The summed E-state index contributed by atoms with van der Waals surface area (Å²) in [6.45, 7) is 6.97. The van der Waals surface area contributed by atoms with Crippen molar-refractivity contribution in [3.8, 4) is 10.6 Å². The summed E-state index contributed by atoms with van der Waals surface area (Å²) in [6, 6.07) is 4.34. The van der Waals surface area contributed by atoms with Crippen molar-refractivity contribution in [2.75, 3.05) is 24.2 Å². The third-order valence-electron chi connectivity index (χ3n) is 6.05. The Morgan fingerprint density at radius 2 is 2.00 bits per heavy atom. The van der Waals surface area contributed by atoms with Gasteiger partial charge >= 0.3 is 6.09 Å². The maximum atomic E-state index is 12.9. The zero-order chi connectivity index (χ0) is 23.3. The van der Waals surface area contributed by atoms with E-state index in [9.17, 15) is 9.35 Å². The van der Waals surface area contributed by atoms with Gasteiger partial charge in [-0.05, 0) is 51.2 Å². The van der Waals surface area contributed by atoms with Crippen LogP contribution in [0.25, 0.3) is 21.7 Å². The van der Waals surface area contributed by atoms with Gasteiger partial charge in [0.05, 0.1) is 17.6 Å². The molecule has 4 heterocycles. The molecule has 2 aliphatic heterocycles. The number of aromatic nitrogens is 2. The molecule has 3 unspecified atom stereocenters. The smallest absolute Gasteiger partial charge is 0.410 e. The first kappa shape index (κ1) is 22.5. The van der Waals surface area contributed by atoms with E-state index in [1.54, 1.807) is 12.5 Å². The normalized spacial score (nSPS) is 22.0. The van der Waals surface area contributed by atoms with Crippen LogP contribution in [0.5, 0.6) is 0 Å². The highest BCUT2D eigenvalue weighted by atomic mass is 32.2. The zero-order valence-electron chi connectivity index (χ0n) is 19.2. The number of benzene rings is 1. The third kappa shape index (κ3) is 4.43. The minimum absolute atomic E-state index is 0.0551. The molecule has 1 amide bonds. The van der Waals surface area contributed by atoms with Crippen LogP contribution in [0.1, 0.15) is 40.0 Å². The van der Waals surface area contributed by atoms with E-state index in [4.69, 9.17) is 14.1 Å². The highest BCUT2D eigenvalue weighted by Crippen LogP contribution is 2.37. The number of carbonyl (C=O) groups excluding carboxylic acids is 1. The molecule has 5 rings (SSSR count). The minimum Gasteiger partial charge on any atom is -0.612 e. The van der Waals surface area contributed by atoms with Crippen LogP contribution in [0.3, 0.4) is 0 Å². The number of amides is 1. The highest BCUT2D eigenvalue weighted by Gasteiger charge is 2.43. The number of piperidine rings is 1. The van der Waals surface area contributed by atoms with Crippen molar-refractivity contribution < 1.29 is 18.5 Å². The number of piperazine rings is 1. The molecule has 2 aliphatic rings. The molecule has 10 heteroatoms. The van der Waals surface area contributed by atoms with Crippen LogP contribution in [0.15, 0.2) is 33.0 Å². The van der Waals surface area contributed by atoms with Crippen molar-refractivity contribution in [2.24, 2.45) is 0 Å². The maximum Gasteiger partial charge on any atom is 0.410 e. The Morgan fingerprint density at radius 3 is 2.61 bits per heavy atom. The lowest BCUT2D eigenvalue weighted by Gasteiger charge is -2.49. The lowest BCUT2D eigenvalue weighted by atomic mass is 9.92. The van der Waals surface area contributed by atoms with Crippen molar-refractivity contribution in [1.29, 1.82) is 0 Å². The van der Waals surface area contributed by atoms with E-state index in [-0.39, 0.29) is 18.2 Å². The van der Waals surface area contributed by atoms with Crippen LogP contribution in [0, 0.1) is 0 Å². The number of oxazole rings is 1. The summed E-state index contributed by atoms with van der Waals surface area (Å²) in [5.41, 5.74) is 1.60. The van der Waals surface area contributed by atoms with E-state index in [2.05, 4.69) is 9.88 Å². The van der Waals surface area contributed by atoms with Crippen molar-refractivity contribution >= 4 is 45.7 Å². The highest BCUT2D eigenvalue weighted by molar-refractivity contribution is 7.90. The lowest BCUT2D eigenvalue weighted by molar-refractivity contribution is -0.0102. The van der Waals surface area contributed by atoms with E-state index >= 15 is 0 Å². The van der Waals surface area contributed by atoms with Crippen molar-refractivity contribution in [1.82, 2.24) is 14.9 Å². The number of fused-ring (bicyclic) bond motifs is 3. The fourth-order valence-corrected chi connectivity index (χ4v) is 5.90. The minimum atomic E-state index is -1.15. The summed E-state index contributed by atoms with van der Waals surface area (Å²) >= 11 is 0.357. The topological polar surface area (TPSA) is 94.8 Å². The number of thiazole rings is 1. The second kappa shape index (κ2) is 8.48. The molecule has 1 aromatic carbocycles. The average molecular weight is 489 g/mol. The lowest BCUT2D eigenvalue weighted by Crippen LogP contribution is -2.63. The Balaban J connectivity index is 1.47. The molecule has 2 bridgehead atoms. The summed E-state index contributed by atoms with van der Waals surface area (Å²) < 4.78 is 24.2. The van der Waals surface area contributed by atoms with Gasteiger partial charge in [0.15, 0.2) is 10.5 Å². The molecule has 8 nitrogen and oxygen atoms in total. The number of rotatable bonds is 3. The molecule has 0 N–H and O–H groups in total. The van der Waals surface area contributed by atoms with Gasteiger partial charge in [-0.3, -0.25) is 4.90 Å². The van der Waals surface area contributed by atoms with Gasteiger partial charge in [-0.15, -0.1) is 11.3 Å². The Morgan fingerprint density at radius 1 is 1.27 bits per heavy atom. The molecule has 0 spiro atoms. The van der Waals surface area contributed by atoms with Crippen LogP contribution in [0.4, 0.5) is 10.8 Å². The predicted molar refractivity (Wildman–Crippen MR) is 129 cm³/mol.